The number of fused-ring (bicyclic) bond motifs is 3. The van der Waals surface area contributed by atoms with Gasteiger partial charge >= 0.3 is 5.97 Å². The van der Waals surface area contributed by atoms with Gasteiger partial charge in [-0.25, -0.2) is 4.79 Å². The third-order valence-electron chi connectivity index (χ3n) is 7.60. The number of piperidine rings is 1. The number of rotatable bonds is 6. The summed E-state index contributed by atoms with van der Waals surface area (Å²) in [6.45, 7) is 2.85. The van der Waals surface area contributed by atoms with Crippen molar-refractivity contribution in [3.05, 3.63) is 35.4 Å². The number of hydrogen-bond acceptors (Lipinski definition) is 6. The Balaban J connectivity index is 1.24. The molecule has 2 bridgehead atoms. The summed E-state index contributed by atoms with van der Waals surface area (Å²) in [5, 5.41) is 18.6. The SMILES string of the molecule is C[C@@H](c1cccc(C(=O)O)c1)N1C(=O)[C@@H]2CC1CN2C[C@H](N)C(=O)N1[C@H](C#N)C[C@@H]2C[C@@H]21. The molecule has 1 unspecified atom stereocenters. The van der Waals surface area contributed by atoms with Crippen LogP contribution in [0.4, 0.5) is 0 Å². The lowest BCUT2D eigenvalue weighted by atomic mass is 10.0. The molecule has 1 aliphatic carbocycles. The van der Waals surface area contributed by atoms with Gasteiger partial charge in [-0.2, -0.15) is 5.26 Å². The normalized spacial score (nSPS) is 32.5. The maximum atomic E-state index is 13.2. The van der Waals surface area contributed by atoms with Gasteiger partial charge in [0, 0.05) is 25.2 Å². The smallest absolute Gasteiger partial charge is 0.335 e. The quantitative estimate of drug-likeness (QED) is 0.665. The second kappa shape index (κ2) is 7.57. The van der Waals surface area contributed by atoms with Crippen LogP contribution < -0.4 is 5.73 Å². The van der Waals surface area contributed by atoms with Gasteiger partial charge < -0.3 is 20.6 Å². The zero-order valence-electron chi connectivity index (χ0n) is 17.9. The number of nitrogens with zero attached hydrogens (tertiary/aromatic N) is 4. The lowest BCUT2D eigenvalue weighted by molar-refractivity contribution is -0.141. The van der Waals surface area contributed by atoms with E-state index < -0.39 is 12.0 Å². The number of carboxylic acids is 1. The van der Waals surface area contributed by atoms with E-state index in [9.17, 15) is 24.8 Å². The fourth-order valence-electron chi connectivity index (χ4n) is 5.90. The second-order valence-corrected chi connectivity index (χ2v) is 9.51. The van der Waals surface area contributed by atoms with Crippen molar-refractivity contribution >= 4 is 17.8 Å². The average Bonchev–Trinajstić information content (AvgIpc) is 3.11. The van der Waals surface area contributed by atoms with E-state index in [-0.39, 0.29) is 47.6 Å². The van der Waals surface area contributed by atoms with Crippen LogP contribution in [-0.2, 0) is 9.59 Å². The summed E-state index contributed by atoms with van der Waals surface area (Å²) in [4.78, 5) is 42.9. The third kappa shape index (κ3) is 3.26. The summed E-state index contributed by atoms with van der Waals surface area (Å²) in [7, 11) is 0. The van der Waals surface area contributed by atoms with Crippen LogP contribution in [0.5, 0.6) is 0 Å². The van der Waals surface area contributed by atoms with Gasteiger partial charge in [-0.3, -0.25) is 14.5 Å². The van der Waals surface area contributed by atoms with Crippen LogP contribution in [0.3, 0.4) is 0 Å². The summed E-state index contributed by atoms with van der Waals surface area (Å²) >= 11 is 0. The Kier molecular flexibility index (Phi) is 4.95. The van der Waals surface area contributed by atoms with E-state index in [2.05, 4.69) is 6.07 Å². The van der Waals surface area contributed by atoms with Gasteiger partial charge in [0.25, 0.3) is 0 Å². The summed E-state index contributed by atoms with van der Waals surface area (Å²) < 4.78 is 0. The maximum absolute atomic E-state index is 13.2. The predicted molar refractivity (Wildman–Crippen MR) is 113 cm³/mol. The molecule has 0 aromatic heterocycles. The first kappa shape index (κ1) is 20.9. The number of carbonyl (C=O) groups excluding carboxylic acids is 2. The molecule has 1 aromatic carbocycles. The number of nitriles is 1. The van der Waals surface area contributed by atoms with E-state index in [0.29, 0.717) is 25.4 Å². The van der Waals surface area contributed by atoms with Crippen molar-refractivity contribution in [1.82, 2.24) is 14.7 Å². The van der Waals surface area contributed by atoms with E-state index in [1.807, 2.05) is 22.8 Å². The molecule has 7 atom stereocenters. The average molecular weight is 438 g/mol. The zero-order chi connectivity index (χ0) is 22.7. The molecule has 32 heavy (non-hydrogen) atoms. The first-order valence-corrected chi connectivity index (χ1v) is 11.2. The topological polar surface area (TPSA) is 131 Å². The highest BCUT2D eigenvalue weighted by Crippen LogP contribution is 2.48. The number of nitrogens with two attached hydrogens (primary N) is 1. The Labute approximate surface area is 186 Å². The van der Waals surface area contributed by atoms with Crippen molar-refractivity contribution in [3.63, 3.8) is 0 Å². The summed E-state index contributed by atoms with van der Waals surface area (Å²) in [5.74, 6) is -0.748. The Morgan fingerprint density at radius 2 is 2.09 bits per heavy atom. The van der Waals surface area contributed by atoms with Gasteiger partial charge in [-0.15, -0.1) is 0 Å². The Morgan fingerprint density at radius 1 is 1.31 bits per heavy atom. The monoisotopic (exact) mass is 437 g/mol. The first-order valence-electron chi connectivity index (χ1n) is 11.2. The predicted octanol–water partition coefficient (Wildman–Crippen LogP) is 0.571. The van der Waals surface area contributed by atoms with E-state index >= 15 is 0 Å². The lowest BCUT2D eigenvalue weighted by Gasteiger charge is -2.38. The molecule has 5 rings (SSSR count). The number of aromatic carboxylic acids is 1. The molecule has 3 heterocycles. The van der Waals surface area contributed by atoms with Crippen LogP contribution in [-0.4, -0.2) is 80.9 Å². The number of carboxylic acid groups (broad SMARTS) is 1. The summed E-state index contributed by atoms with van der Waals surface area (Å²) in [5.41, 5.74) is 7.25. The van der Waals surface area contributed by atoms with Crippen molar-refractivity contribution in [2.24, 2.45) is 11.7 Å². The van der Waals surface area contributed by atoms with Gasteiger partial charge in [0.1, 0.15) is 6.04 Å². The number of piperazine rings is 1. The third-order valence-corrected chi connectivity index (χ3v) is 7.60. The van der Waals surface area contributed by atoms with Crippen molar-refractivity contribution in [3.8, 4) is 6.07 Å². The van der Waals surface area contributed by atoms with Gasteiger partial charge in [0.05, 0.1) is 29.8 Å². The molecular formula is C23H27N5O4. The minimum Gasteiger partial charge on any atom is -0.478 e. The highest BCUT2D eigenvalue weighted by atomic mass is 16.4. The molecule has 3 aliphatic heterocycles. The van der Waals surface area contributed by atoms with E-state index in [1.54, 1.807) is 17.0 Å². The van der Waals surface area contributed by atoms with Crippen LogP contribution in [0.15, 0.2) is 24.3 Å². The first-order chi connectivity index (χ1) is 15.3. The van der Waals surface area contributed by atoms with Crippen LogP contribution in [0.2, 0.25) is 0 Å². The van der Waals surface area contributed by atoms with Gasteiger partial charge in [0.15, 0.2) is 0 Å². The Bertz CT molecular complexity index is 1020. The van der Waals surface area contributed by atoms with Gasteiger partial charge in [-0.1, -0.05) is 12.1 Å². The molecule has 3 N–H and O–H groups in total. The largest absolute Gasteiger partial charge is 0.478 e. The minimum absolute atomic E-state index is 0.00439. The van der Waals surface area contributed by atoms with Crippen LogP contribution in [0.1, 0.15) is 48.1 Å². The molecule has 4 fully saturated rings. The maximum Gasteiger partial charge on any atom is 0.335 e. The number of hydrogen-bond donors (Lipinski definition) is 2. The molecule has 1 aromatic rings. The summed E-state index contributed by atoms with van der Waals surface area (Å²) in [6.07, 6.45) is 2.37. The van der Waals surface area contributed by atoms with E-state index in [1.165, 1.54) is 6.07 Å². The molecule has 4 aliphatic rings. The minimum atomic E-state index is -0.993. The van der Waals surface area contributed by atoms with Gasteiger partial charge in [-0.05, 0) is 49.8 Å². The van der Waals surface area contributed by atoms with Crippen LogP contribution >= 0.6 is 0 Å². The number of amides is 2. The van der Waals surface area contributed by atoms with Crippen molar-refractivity contribution in [1.29, 1.82) is 5.26 Å². The standard InChI is InChI=1S/C23H27N5O4/c1-12(13-3-2-4-14(5-13)23(31)32)27-17-8-20(22(27)30)26(10-17)11-18(25)21(29)28-16(9-24)6-15-7-19(15)28/h2-5,12,15-20H,6-8,10-11,25H2,1H3,(H,31,32)/t12-,15+,16-,17?,18-,19-,20-/m0/s1. The molecular weight excluding hydrogens is 410 g/mol. The van der Waals surface area contributed by atoms with E-state index in [4.69, 9.17) is 5.73 Å². The highest BCUT2D eigenvalue weighted by molar-refractivity contribution is 5.89. The molecule has 3 saturated heterocycles. The van der Waals surface area contributed by atoms with Gasteiger partial charge in [0.2, 0.25) is 11.8 Å². The highest BCUT2D eigenvalue weighted by Gasteiger charge is 2.56. The molecule has 2 amide bonds. The zero-order valence-corrected chi connectivity index (χ0v) is 17.9. The van der Waals surface area contributed by atoms with Crippen LogP contribution in [0, 0.1) is 17.2 Å². The van der Waals surface area contributed by atoms with Crippen molar-refractivity contribution in [2.75, 3.05) is 13.1 Å². The molecule has 0 radical (unpaired) electrons. The molecule has 168 valence electrons. The fourth-order valence-corrected chi connectivity index (χ4v) is 5.90. The molecule has 1 saturated carbocycles. The lowest BCUT2D eigenvalue weighted by Crippen LogP contribution is -2.57. The second-order valence-electron chi connectivity index (χ2n) is 9.51. The molecule has 0 spiro atoms. The summed E-state index contributed by atoms with van der Waals surface area (Å²) in [6, 6.07) is 7.39. The number of benzene rings is 1. The van der Waals surface area contributed by atoms with Crippen LogP contribution in [0.25, 0.3) is 0 Å². The number of likely N-dealkylation sites (tertiary alicyclic amines) is 3. The van der Waals surface area contributed by atoms with Crippen molar-refractivity contribution in [2.45, 2.75) is 62.4 Å². The molecule has 9 heteroatoms. The molecule has 9 nitrogen and oxygen atoms in total. The Morgan fingerprint density at radius 3 is 2.78 bits per heavy atom. The fraction of sp³-hybridized carbons (Fsp3) is 0.565. The Hall–Kier alpha value is -2.96. The van der Waals surface area contributed by atoms with Crippen molar-refractivity contribution < 1.29 is 19.5 Å². The van der Waals surface area contributed by atoms with E-state index in [0.717, 1.165) is 18.4 Å². The number of carbonyl (C=O) groups is 3.